The first-order chi connectivity index (χ1) is 3.72. The van der Waals surface area contributed by atoms with Gasteiger partial charge in [0.05, 0.1) is 17.5 Å². The summed E-state index contributed by atoms with van der Waals surface area (Å²) in [7, 11) is 0. The van der Waals surface area contributed by atoms with Gasteiger partial charge in [-0.15, -0.1) is 0 Å². The van der Waals surface area contributed by atoms with E-state index in [0.29, 0.717) is 0 Å². The van der Waals surface area contributed by atoms with E-state index in [1.165, 1.54) is 0 Å². The van der Waals surface area contributed by atoms with E-state index < -0.39 is 0 Å². The highest BCUT2D eigenvalue weighted by Gasteiger charge is 2.14. The molecule has 1 heterocycles. The van der Waals surface area contributed by atoms with Gasteiger partial charge in [-0.05, 0) is 13.8 Å². The molecular formula is C5H9N3. The minimum absolute atomic E-state index is 0.0185. The molecule has 0 atom stereocenters. The van der Waals surface area contributed by atoms with E-state index in [1.54, 1.807) is 0 Å². The summed E-state index contributed by atoms with van der Waals surface area (Å²) in [5.74, 6) is 0. The third-order valence-electron chi connectivity index (χ3n) is 1.27. The van der Waals surface area contributed by atoms with Gasteiger partial charge in [-0.2, -0.15) is 10.2 Å². The predicted molar refractivity (Wildman–Crippen MR) is 34.2 cm³/mol. The van der Waals surface area contributed by atoms with Crippen molar-refractivity contribution < 1.29 is 0 Å². The summed E-state index contributed by atoms with van der Waals surface area (Å²) in [6.45, 7) is 3.76. The van der Waals surface area contributed by atoms with E-state index in [-0.39, 0.29) is 6.04 Å². The van der Waals surface area contributed by atoms with Crippen molar-refractivity contribution in [2.24, 2.45) is 15.9 Å². The fourth-order valence-corrected chi connectivity index (χ4v) is 0.584. The van der Waals surface area contributed by atoms with Gasteiger partial charge in [-0.3, -0.25) is 0 Å². The van der Waals surface area contributed by atoms with Crippen molar-refractivity contribution in [3.05, 3.63) is 0 Å². The molecule has 0 amide bonds. The Morgan fingerprint density at radius 2 is 1.62 bits per heavy atom. The molecule has 8 heavy (non-hydrogen) atoms. The minimum Gasteiger partial charge on any atom is -0.318 e. The van der Waals surface area contributed by atoms with Crippen LogP contribution < -0.4 is 5.73 Å². The summed E-state index contributed by atoms with van der Waals surface area (Å²) in [5, 5.41) is 7.56. The van der Waals surface area contributed by atoms with Crippen molar-refractivity contribution in [2.45, 2.75) is 19.9 Å². The monoisotopic (exact) mass is 111 g/mol. The van der Waals surface area contributed by atoms with Crippen LogP contribution in [-0.2, 0) is 0 Å². The van der Waals surface area contributed by atoms with Gasteiger partial charge < -0.3 is 5.73 Å². The molecule has 3 heteroatoms. The van der Waals surface area contributed by atoms with Crippen LogP contribution in [0.5, 0.6) is 0 Å². The highest BCUT2D eigenvalue weighted by atomic mass is 15.2. The van der Waals surface area contributed by atoms with Gasteiger partial charge in [-0.1, -0.05) is 0 Å². The first-order valence-corrected chi connectivity index (χ1v) is 2.56. The molecule has 0 fully saturated rings. The van der Waals surface area contributed by atoms with Crippen LogP contribution in [0.25, 0.3) is 0 Å². The topological polar surface area (TPSA) is 50.7 Å². The Morgan fingerprint density at radius 1 is 1.25 bits per heavy atom. The Balaban J connectivity index is 2.75. The molecule has 0 aromatic carbocycles. The van der Waals surface area contributed by atoms with Crippen molar-refractivity contribution in [3.63, 3.8) is 0 Å². The second kappa shape index (κ2) is 1.67. The van der Waals surface area contributed by atoms with Gasteiger partial charge in [-0.25, -0.2) is 0 Å². The third kappa shape index (κ3) is 0.648. The van der Waals surface area contributed by atoms with Gasteiger partial charge in [0, 0.05) is 0 Å². The summed E-state index contributed by atoms with van der Waals surface area (Å²) < 4.78 is 0. The van der Waals surface area contributed by atoms with Crippen LogP contribution in [-0.4, -0.2) is 17.5 Å². The minimum atomic E-state index is -0.0185. The molecule has 0 spiro atoms. The zero-order valence-corrected chi connectivity index (χ0v) is 5.05. The summed E-state index contributed by atoms with van der Waals surface area (Å²) in [4.78, 5) is 0. The fourth-order valence-electron chi connectivity index (χ4n) is 0.584. The standard InChI is InChI=1S/C5H9N3/c1-3-5(6)4(2)8-7-3/h5H,6H2,1-2H3. The highest BCUT2D eigenvalue weighted by molar-refractivity contribution is 6.11. The van der Waals surface area contributed by atoms with Crippen molar-refractivity contribution in [2.75, 3.05) is 0 Å². The van der Waals surface area contributed by atoms with E-state index in [2.05, 4.69) is 10.2 Å². The second-order valence-corrected chi connectivity index (χ2v) is 1.96. The zero-order valence-electron chi connectivity index (χ0n) is 5.05. The van der Waals surface area contributed by atoms with E-state index in [4.69, 9.17) is 5.73 Å². The lowest BCUT2D eigenvalue weighted by atomic mass is 10.1. The van der Waals surface area contributed by atoms with Crippen LogP contribution >= 0.6 is 0 Å². The first-order valence-electron chi connectivity index (χ1n) is 2.56. The van der Waals surface area contributed by atoms with Crippen molar-refractivity contribution in [1.29, 1.82) is 0 Å². The predicted octanol–water partition coefficient (Wildman–Crippen LogP) is 0.164. The lowest BCUT2D eigenvalue weighted by Crippen LogP contribution is -2.32. The van der Waals surface area contributed by atoms with Crippen LogP contribution in [0.1, 0.15) is 13.8 Å². The molecule has 0 aromatic rings. The second-order valence-electron chi connectivity index (χ2n) is 1.96. The Kier molecular flexibility index (Phi) is 1.13. The van der Waals surface area contributed by atoms with E-state index >= 15 is 0 Å². The van der Waals surface area contributed by atoms with Crippen LogP contribution in [0.2, 0.25) is 0 Å². The number of hydrogen-bond donors (Lipinski definition) is 1. The average molecular weight is 111 g/mol. The SMILES string of the molecule is CC1=NN=C(C)C1N. The summed E-state index contributed by atoms with van der Waals surface area (Å²) >= 11 is 0. The highest BCUT2D eigenvalue weighted by Crippen LogP contribution is 1.98. The lowest BCUT2D eigenvalue weighted by Gasteiger charge is -1.98. The normalized spacial score (nSPS) is 20.9. The molecule has 0 saturated heterocycles. The largest absolute Gasteiger partial charge is 0.318 e. The first kappa shape index (κ1) is 5.44. The van der Waals surface area contributed by atoms with Gasteiger partial charge in [0.25, 0.3) is 0 Å². The summed E-state index contributed by atoms with van der Waals surface area (Å²) in [6.07, 6.45) is 0. The Bertz CT molecular complexity index is 139. The summed E-state index contributed by atoms with van der Waals surface area (Å²) in [5.41, 5.74) is 7.37. The third-order valence-corrected chi connectivity index (χ3v) is 1.27. The molecule has 0 unspecified atom stereocenters. The smallest absolute Gasteiger partial charge is 0.0852 e. The number of nitrogens with zero attached hydrogens (tertiary/aromatic N) is 2. The van der Waals surface area contributed by atoms with E-state index in [1.807, 2.05) is 13.8 Å². The van der Waals surface area contributed by atoms with Gasteiger partial charge >= 0.3 is 0 Å². The Morgan fingerprint density at radius 3 is 1.75 bits per heavy atom. The molecule has 2 N–H and O–H groups in total. The van der Waals surface area contributed by atoms with Crippen molar-refractivity contribution in [3.8, 4) is 0 Å². The number of rotatable bonds is 0. The molecule has 0 aliphatic carbocycles. The number of nitrogens with two attached hydrogens (primary N) is 1. The zero-order chi connectivity index (χ0) is 6.15. The van der Waals surface area contributed by atoms with E-state index in [9.17, 15) is 0 Å². The molecule has 0 bridgehead atoms. The van der Waals surface area contributed by atoms with Crippen LogP contribution in [0, 0.1) is 0 Å². The van der Waals surface area contributed by atoms with Crippen LogP contribution in [0.4, 0.5) is 0 Å². The van der Waals surface area contributed by atoms with Gasteiger partial charge in [0.1, 0.15) is 0 Å². The van der Waals surface area contributed by atoms with Crippen LogP contribution in [0.3, 0.4) is 0 Å². The molecule has 0 radical (unpaired) electrons. The Labute approximate surface area is 48.3 Å². The summed E-state index contributed by atoms with van der Waals surface area (Å²) in [6, 6.07) is -0.0185. The average Bonchev–Trinajstić information content (AvgIpc) is 1.98. The van der Waals surface area contributed by atoms with Crippen molar-refractivity contribution in [1.82, 2.24) is 0 Å². The molecule has 44 valence electrons. The fraction of sp³-hybridized carbons (Fsp3) is 0.600. The van der Waals surface area contributed by atoms with Crippen LogP contribution in [0.15, 0.2) is 10.2 Å². The molecule has 1 aliphatic rings. The van der Waals surface area contributed by atoms with Crippen molar-refractivity contribution >= 4 is 11.4 Å². The molecule has 1 rings (SSSR count). The number of hydrogen-bond acceptors (Lipinski definition) is 3. The van der Waals surface area contributed by atoms with E-state index in [0.717, 1.165) is 11.4 Å². The van der Waals surface area contributed by atoms with Gasteiger partial charge in [0.2, 0.25) is 0 Å². The maximum Gasteiger partial charge on any atom is 0.0852 e. The van der Waals surface area contributed by atoms with Gasteiger partial charge in [0.15, 0.2) is 0 Å². The maximum atomic E-state index is 5.56. The lowest BCUT2D eigenvalue weighted by molar-refractivity contribution is 1.15. The molecule has 0 saturated carbocycles. The quantitative estimate of drug-likeness (QED) is 0.475. The Hall–Kier alpha value is -0.700. The maximum absolute atomic E-state index is 5.56. The molecule has 3 nitrogen and oxygen atoms in total. The molecular weight excluding hydrogens is 102 g/mol. The molecule has 0 aromatic heterocycles. The molecule has 1 aliphatic heterocycles.